The lowest BCUT2D eigenvalue weighted by Crippen LogP contribution is -2.44. The second-order valence-corrected chi connectivity index (χ2v) is 5.04. The zero-order valence-electron chi connectivity index (χ0n) is 11.1. The summed E-state index contributed by atoms with van der Waals surface area (Å²) in [4.78, 5) is 8.71. The molecule has 1 aliphatic heterocycles. The average molecular weight is 257 g/mol. The molecule has 5 heteroatoms. The molecule has 2 atom stereocenters. The highest BCUT2D eigenvalue weighted by Gasteiger charge is 2.23. The van der Waals surface area contributed by atoms with E-state index in [1.807, 2.05) is 6.92 Å². The van der Waals surface area contributed by atoms with Gasteiger partial charge in [0.1, 0.15) is 5.84 Å². The van der Waals surface area contributed by atoms with Gasteiger partial charge in [0.2, 0.25) is 0 Å². The second kappa shape index (κ2) is 5.01. The molecule has 1 aromatic rings. The fraction of sp³-hybridized carbons (Fsp3) is 0.429. The van der Waals surface area contributed by atoms with Crippen LogP contribution in [0.25, 0.3) is 0 Å². The van der Waals surface area contributed by atoms with Crippen LogP contribution in [0.3, 0.4) is 0 Å². The van der Waals surface area contributed by atoms with Crippen LogP contribution in [-0.4, -0.2) is 18.1 Å². The van der Waals surface area contributed by atoms with Gasteiger partial charge < -0.3 is 11.1 Å². The first kappa shape index (κ1) is 12.2. The first-order valence-electron chi connectivity index (χ1n) is 6.71. The van der Waals surface area contributed by atoms with E-state index >= 15 is 0 Å². The summed E-state index contributed by atoms with van der Waals surface area (Å²) in [6, 6.07) is 8.90. The van der Waals surface area contributed by atoms with E-state index in [-0.39, 0.29) is 6.29 Å². The van der Waals surface area contributed by atoms with E-state index in [4.69, 9.17) is 5.73 Å². The van der Waals surface area contributed by atoms with Gasteiger partial charge in [-0.3, -0.25) is 5.32 Å². The standard InChI is InChI=1S/C14H19N5/c1-9-16-13(15)19-14(17-9)18-12-8-4-6-10-5-2-3-7-11(10)12/h2-3,5,7,12,14,18H,4,6,8H2,1H3,(H3,15,16,17,19)/t12-,14?/m1/s1. The van der Waals surface area contributed by atoms with Gasteiger partial charge in [-0.2, -0.15) is 0 Å². The van der Waals surface area contributed by atoms with Gasteiger partial charge in [0.05, 0.1) is 0 Å². The van der Waals surface area contributed by atoms with Crippen LogP contribution in [0.5, 0.6) is 0 Å². The van der Waals surface area contributed by atoms with E-state index in [9.17, 15) is 0 Å². The number of aliphatic imine (C=N–C) groups is 2. The zero-order chi connectivity index (χ0) is 13.2. The molecule has 0 spiro atoms. The zero-order valence-corrected chi connectivity index (χ0v) is 11.1. The van der Waals surface area contributed by atoms with Crippen molar-refractivity contribution in [1.29, 1.82) is 0 Å². The molecule has 0 saturated carbocycles. The van der Waals surface area contributed by atoms with Crippen LogP contribution in [-0.2, 0) is 6.42 Å². The maximum Gasteiger partial charge on any atom is 0.199 e. The Labute approximate surface area is 113 Å². The maximum atomic E-state index is 5.73. The third-order valence-electron chi connectivity index (χ3n) is 3.61. The van der Waals surface area contributed by atoms with Crippen molar-refractivity contribution in [3.8, 4) is 0 Å². The van der Waals surface area contributed by atoms with Crippen molar-refractivity contribution in [3.05, 3.63) is 35.4 Å². The van der Waals surface area contributed by atoms with Gasteiger partial charge in [0, 0.05) is 6.04 Å². The van der Waals surface area contributed by atoms with Crippen LogP contribution >= 0.6 is 0 Å². The van der Waals surface area contributed by atoms with Crippen molar-refractivity contribution in [1.82, 2.24) is 10.6 Å². The lowest BCUT2D eigenvalue weighted by Gasteiger charge is -2.29. The van der Waals surface area contributed by atoms with Gasteiger partial charge in [-0.1, -0.05) is 24.3 Å². The Hall–Kier alpha value is -1.88. The molecule has 4 N–H and O–H groups in total. The van der Waals surface area contributed by atoms with Gasteiger partial charge in [-0.25, -0.2) is 9.98 Å². The van der Waals surface area contributed by atoms with Gasteiger partial charge in [0.15, 0.2) is 12.2 Å². The molecule has 100 valence electrons. The summed E-state index contributed by atoms with van der Waals surface area (Å²) in [5, 5.41) is 6.38. The van der Waals surface area contributed by atoms with Crippen molar-refractivity contribution in [3.63, 3.8) is 0 Å². The van der Waals surface area contributed by atoms with Crippen LogP contribution < -0.4 is 16.4 Å². The number of guanidine groups is 1. The Morgan fingerprint density at radius 3 is 3.00 bits per heavy atom. The molecule has 2 aliphatic rings. The van der Waals surface area contributed by atoms with E-state index in [0.717, 1.165) is 18.7 Å². The number of benzene rings is 1. The van der Waals surface area contributed by atoms with Crippen LogP contribution in [0.2, 0.25) is 0 Å². The first-order chi connectivity index (χ1) is 9.22. The fourth-order valence-corrected chi connectivity index (χ4v) is 2.78. The third kappa shape index (κ3) is 2.61. The summed E-state index contributed by atoms with van der Waals surface area (Å²) in [7, 11) is 0. The van der Waals surface area contributed by atoms with E-state index in [0.29, 0.717) is 12.0 Å². The molecule has 1 unspecified atom stereocenters. The molecule has 19 heavy (non-hydrogen) atoms. The second-order valence-electron chi connectivity index (χ2n) is 5.04. The summed E-state index contributed by atoms with van der Waals surface area (Å²) in [5.74, 6) is 1.23. The number of rotatable bonds is 2. The fourth-order valence-electron chi connectivity index (χ4n) is 2.78. The number of fused-ring (bicyclic) bond motifs is 1. The predicted molar refractivity (Wildman–Crippen MR) is 76.9 cm³/mol. The molecule has 0 saturated heterocycles. The monoisotopic (exact) mass is 257 g/mol. The number of hydrogen-bond donors (Lipinski definition) is 3. The molecule has 3 rings (SSSR count). The number of hydrogen-bond acceptors (Lipinski definition) is 5. The van der Waals surface area contributed by atoms with Gasteiger partial charge in [-0.05, 0) is 37.3 Å². The van der Waals surface area contributed by atoms with Crippen molar-refractivity contribution >= 4 is 11.8 Å². The van der Waals surface area contributed by atoms with E-state index in [1.165, 1.54) is 17.5 Å². The Morgan fingerprint density at radius 2 is 2.16 bits per heavy atom. The number of nitrogens with zero attached hydrogens (tertiary/aromatic N) is 2. The van der Waals surface area contributed by atoms with Gasteiger partial charge >= 0.3 is 0 Å². The molecule has 1 aliphatic carbocycles. The lowest BCUT2D eigenvalue weighted by molar-refractivity contribution is 0.405. The first-order valence-corrected chi connectivity index (χ1v) is 6.71. The maximum absolute atomic E-state index is 5.73. The highest BCUT2D eigenvalue weighted by atomic mass is 15.3. The summed E-state index contributed by atoms with van der Waals surface area (Å²) in [6.45, 7) is 1.89. The van der Waals surface area contributed by atoms with Crippen LogP contribution in [0, 0.1) is 0 Å². The minimum Gasteiger partial charge on any atom is -0.370 e. The molecular weight excluding hydrogens is 238 g/mol. The van der Waals surface area contributed by atoms with Crippen LogP contribution in [0.4, 0.5) is 0 Å². The largest absolute Gasteiger partial charge is 0.370 e. The summed E-state index contributed by atoms with van der Waals surface area (Å²) in [6.07, 6.45) is 3.19. The molecule has 1 aromatic carbocycles. The van der Waals surface area contributed by atoms with Crippen LogP contribution in [0.15, 0.2) is 34.3 Å². The molecule has 0 amide bonds. The van der Waals surface area contributed by atoms with E-state index in [2.05, 4.69) is 44.9 Å². The molecule has 0 aromatic heterocycles. The third-order valence-corrected chi connectivity index (χ3v) is 3.61. The number of nitrogens with one attached hydrogen (secondary N) is 2. The SMILES string of the molecule is CC1=NC(N[C@@H]2CCCc3ccccc32)N=C(N)N1. The summed E-state index contributed by atoms with van der Waals surface area (Å²) in [5.41, 5.74) is 8.53. The number of aryl methyl sites for hydroxylation is 1. The topological polar surface area (TPSA) is 74.8 Å². The number of amidine groups is 1. The van der Waals surface area contributed by atoms with Crippen LogP contribution in [0.1, 0.15) is 36.9 Å². The lowest BCUT2D eigenvalue weighted by atomic mass is 9.88. The minimum absolute atomic E-state index is 0.280. The van der Waals surface area contributed by atoms with Crippen molar-refractivity contribution in [2.75, 3.05) is 0 Å². The minimum atomic E-state index is -0.280. The molecule has 0 fully saturated rings. The number of nitrogens with two attached hydrogens (primary N) is 1. The Balaban J connectivity index is 1.80. The van der Waals surface area contributed by atoms with Gasteiger partial charge in [0.25, 0.3) is 0 Å². The molecule has 5 nitrogen and oxygen atoms in total. The normalized spacial score (nSPS) is 25.9. The Kier molecular flexibility index (Phi) is 3.21. The van der Waals surface area contributed by atoms with Gasteiger partial charge in [-0.15, -0.1) is 0 Å². The summed E-state index contributed by atoms with van der Waals surface area (Å²) >= 11 is 0. The molecule has 0 radical (unpaired) electrons. The van der Waals surface area contributed by atoms with Crippen molar-refractivity contribution in [2.45, 2.75) is 38.5 Å². The van der Waals surface area contributed by atoms with Crippen molar-refractivity contribution < 1.29 is 0 Å². The molecule has 0 bridgehead atoms. The van der Waals surface area contributed by atoms with Crippen molar-refractivity contribution in [2.24, 2.45) is 15.7 Å². The highest BCUT2D eigenvalue weighted by molar-refractivity contribution is 5.99. The quantitative estimate of drug-likeness (QED) is 0.747. The smallest absolute Gasteiger partial charge is 0.199 e. The average Bonchev–Trinajstić information content (AvgIpc) is 2.38. The Morgan fingerprint density at radius 1 is 1.32 bits per heavy atom. The van der Waals surface area contributed by atoms with E-state index < -0.39 is 0 Å². The Bertz CT molecular complexity index is 516. The highest BCUT2D eigenvalue weighted by Crippen LogP contribution is 2.29. The van der Waals surface area contributed by atoms with E-state index in [1.54, 1.807) is 0 Å². The predicted octanol–water partition coefficient (Wildman–Crippen LogP) is 1.27. The molecule has 1 heterocycles. The summed E-state index contributed by atoms with van der Waals surface area (Å²) < 4.78 is 0. The molecular formula is C14H19N5.